The Morgan fingerprint density at radius 1 is 1.45 bits per heavy atom. The van der Waals surface area contributed by atoms with E-state index < -0.39 is 17.9 Å². The van der Waals surface area contributed by atoms with Crippen molar-refractivity contribution in [3.05, 3.63) is 23.8 Å². The van der Waals surface area contributed by atoms with E-state index in [9.17, 15) is 19.8 Å². The number of aliphatic carboxylic acids is 1. The largest absolute Gasteiger partial charge is 0.504 e. The maximum absolute atomic E-state index is 12.4. The SMILES string of the molecule is COc1cccc(C(=O)N2CCSCC2C(=O)O)c1O. The fourth-order valence-electron chi connectivity index (χ4n) is 2.07. The van der Waals surface area contributed by atoms with Crippen molar-refractivity contribution >= 4 is 23.6 Å². The zero-order valence-corrected chi connectivity index (χ0v) is 11.7. The zero-order valence-electron chi connectivity index (χ0n) is 10.9. The van der Waals surface area contributed by atoms with E-state index in [1.165, 1.54) is 35.9 Å². The number of carboxylic acids is 1. The molecule has 0 radical (unpaired) electrons. The smallest absolute Gasteiger partial charge is 0.327 e. The summed E-state index contributed by atoms with van der Waals surface area (Å²) in [4.78, 5) is 24.9. The van der Waals surface area contributed by atoms with Crippen molar-refractivity contribution in [1.29, 1.82) is 0 Å². The van der Waals surface area contributed by atoms with E-state index in [1.807, 2.05) is 0 Å². The lowest BCUT2D eigenvalue weighted by Gasteiger charge is -2.32. The van der Waals surface area contributed by atoms with Crippen LogP contribution in [0.5, 0.6) is 11.5 Å². The van der Waals surface area contributed by atoms with E-state index in [1.54, 1.807) is 6.07 Å². The highest BCUT2D eigenvalue weighted by Gasteiger charge is 2.34. The molecule has 1 amide bonds. The Bertz CT molecular complexity index is 533. The van der Waals surface area contributed by atoms with E-state index in [2.05, 4.69) is 0 Å². The van der Waals surface area contributed by atoms with E-state index in [0.717, 1.165) is 0 Å². The molecule has 20 heavy (non-hydrogen) atoms. The van der Waals surface area contributed by atoms with E-state index in [4.69, 9.17) is 4.74 Å². The van der Waals surface area contributed by atoms with Gasteiger partial charge in [-0.3, -0.25) is 4.79 Å². The fraction of sp³-hybridized carbons (Fsp3) is 0.385. The van der Waals surface area contributed by atoms with Crippen molar-refractivity contribution in [3.63, 3.8) is 0 Å². The van der Waals surface area contributed by atoms with Gasteiger partial charge in [0, 0.05) is 18.1 Å². The van der Waals surface area contributed by atoms with Gasteiger partial charge < -0.3 is 19.8 Å². The number of rotatable bonds is 3. The fourth-order valence-corrected chi connectivity index (χ4v) is 3.10. The molecule has 1 atom stereocenters. The summed E-state index contributed by atoms with van der Waals surface area (Å²) in [6.07, 6.45) is 0. The molecule has 1 aliphatic rings. The van der Waals surface area contributed by atoms with Gasteiger partial charge in [0.05, 0.1) is 12.7 Å². The number of phenols is 1. The molecule has 1 heterocycles. The summed E-state index contributed by atoms with van der Waals surface area (Å²) >= 11 is 1.50. The molecule has 1 saturated heterocycles. The van der Waals surface area contributed by atoms with Crippen molar-refractivity contribution in [1.82, 2.24) is 4.90 Å². The molecule has 2 N–H and O–H groups in total. The van der Waals surface area contributed by atoms with Crippen LogP contribution in [0.25, 0.3) is 0 Å². The van der Waals surface area contributed by atoms with Gasteiger partial charge in [-0.2, -0.15) is 11.8 Å². The summed E-state index contributed by atoms with van der Waals surface area (Å²) < 4.78 is 4.96. The quantitative estimate of drug-likeness (QED) is 0.867. The van der Waals surface area contributed by atoms with E-state index >= 15 is 0 Å². The molecule has 1 unspecified atom stereocenters. The predicted octanol–water partition coefficient (Wildman–Crippen LogP) is 1.04. The molecule has 1 aliphatic heterocycles. The molecule has 0 saturated carbocycles. The molecular formula is C13H15NO5S. The summed E-state index contributed by atoms with van der Waals surface area (Å²) in [5.41, 5.74) is 0.0579. The number of hydrogen-bond donors (Lipinski definition) is 2. The lowest BCUT2D eigenvalue weighted by atomic mass is 10.1. The maximum Gasteiger partial charge on any atom is 0.327 e. The minimum Gasteiger partial charge on any atom is -0.504 e. The van der Waals surface area contributed by atoms with Crippen LogP contribution in [0.4, 0.5) is 0 Å². The maximum atomic E-state index is 12.4. The summed E-state index contributed by atoms with van der Waals surface area (Å²) in [5, 5.41) is 19.2. The second kappa shape index (κ2) is 6.04. The lowest BCUT2D eigenvalue weighted by molar-refractivity contribution is -0.141. The molecule has 0 bridgehead atoms. The molecule has 0 aliphatic carbocycles. The van der Waals surface area contributed by atoms with Crippen LogP contribution in [0, 0.1) is 0 Å². The van der Waals surface area contributed by atoms with Crippen molar-refractivity contribution in [2.24, 2.45) is 0 Å². The summed E-state index contributed by atoms with van der Waals surface area (Å²) in [6.45, 7) is 0.344. The van der Waals surface area contributed by atoms with Crippen LogP contribution < -0.4 is 4.74 Å². The van der Waals surface area contributed by atoms with Crippen LogP contribution in [0.2, 0.25) is 0 Å². The first-order valence-corrected chi connectivity index (χ1v) is 7.19. The number of phenolic OH excluding ortho intramolecular Hbond substituents is 1. The topological polar surface area (TPSA) is 87.1 Å². The Labute approximate surface area is 120 Å². The Morgan fingerprint density at radius 2 is 2.20 bits per heavy atom. The third-order valence-corrected chi connectivity index (χ3v) is 4.15. The number of nitrogens with zero attached hydrogens (tertiary/aromatic N) is 1. The van der Waals surface area contributed by atoms with Gasteiger partial charge in [-0.15, -0.1) is 0 Å². The highest BCUT2D eigenvalue weighted by Crippen LogP contribution is 2.31. The van der Waals surface area contributed by atoms with Crippen LogP contribution >= 0.6 is 11.8 Å². The zero-order chi connectivity index (χ0) is 14.7. The summed E-state index contributed by atoms with van der Waals surface area (Å²) in [6, 6.07) is 3.71. The van der Waals surface area contributed by atoms with Crippen LogP contribution in [-0.2, 0) is 4.79 Å². The molecule has 0 spiro atoms. The van der Waals surface area contributed by atoms with Crippen LogP contribution in [0.3, 0.4) is 0 Å². The highest BCUT2D eigenvalue weighted by molar-refractivity contribution is 7.99. The molecule has 6 nitrogen and oxygen atoms in total. The molecule has 108 valence electrons. The van der Waals surface area contributed by atoms with Gasteiger partial charge in [0.2, 0.25) is 0 Å². The van der Waals surface area contributed by atoms with Gasteiger partial charge in [0.1, 0.15) is 6.04 Å². The lowest BCUT2D eigenvalue weighted by Crippen LogP contribution is -2.50. The predicted molar refractivity (Wildman–Crippen MR) is 74.4 cm³/mol. The average Bonchev–Trinajstić information content (AvgIpc) is 2.46. The number of carbonyl (C=O) groups excluding carboxylic acids is 1. The Morgan fingerprint density at radius 3 is 2.85 bits per heavy atom. The van der Waals surface area contributed by atoms with Gasteiger partial charge in [-0.05, 0) is 12.1 Å². The molecule has 2 rings (SSSR count). The minimum absolute atomic E-state index is 0.0579. The van der Waals surface area contributed by atoms with E-state index in [-0.39, 0.29) is 17.1 Å². The number of thioether (sulfide) groups is 1. The van der Waals surface area contributed by atoms with E-state index in [0.29, 0.717) is 18.1 Å². The molecule has 1 aromatic rings. The van der Waals surface area contributed by atoms with Crippen LogP contribution in [0.1, 0.15) is 10.4 Å². The average molecular weight is 297 g/mol. The first kappa shape index (κ1) is 14.5. The number of hydrogen-bond acceptors (Lipinski definition) is 5. The van der Waals surface area contributed by atoms with Gasteiger partial charge in [-0.1, -0.05) is 6.07 Å². The number of aromatic hydroxyl groups is 1. The normalized spacial score (nSPS) is 18.6. The van der Waals surface area contributed by atoms with Crippen molar-refractivity contribution in [2.75, 3.05) is 25.2 Å². The van der Waals surface area contributed by atoms with Crippen molar-refractivity contribution in [2.45, 2.75) is 6.04 Å². The van der Waals surface area contributed by atoms with Crippen molar-refractivity contribution < 1.29 is 24.5 Å². The van der Waals surface area contributed by atoms with Gasteiger partial charge >= 0.3 is 5.97 Å². The first-order chi connectivity index (χ1) is 9.56. The molecular weight excluding hydrogens is 282 g/mol. The number of amides is 1. The number of carboxylic acid groups (broad SMARTS) is 1. The molecule has 0 aromatic heterocycles. The Hall–Kier alpha value is -1.89. The highest BCUT2D eigenvalue weighted by atomic mass is 32.2. The van der Waals surface area contributed by atoms with Gasteiger partial charge in [0.15, 0.2) is 11.5 Å². The number of methoxy groups -OCH3 is 1. The van der Waals surface area contributed by atoms with Gasteiger partial charge in [0.25, 0.3) is 5.91 Å². The second-order valence-corrected chi connectivity index (χ2v) is 5.43. The standard InChI is InChI=1S/C13H15NO5S/c1-19-10-4-2-3-8(11(10)15)12(16)14-5-6-20-7-9(14)13(17)18/h2-4,9,15H,5-7H2,1H3,(H,17,18). The third kappa shape index (κ3) is 2.67. The van der Waals surface area contributed by atoms with Crippen molar-refractivity contribution in [3.8, 4) is 11.5 Å². The number of benzene rings is 1. The summed E-state index contributed by atoms with van der Waals surface area (Å²) in [5.74, 6) is -0.565. The van der Waals surface area contributed by atoms with Crippen LogP contribution in [0.15, 0.2) is 18.2 Å². The monoisotopic (exact) mass is 297 g/mol. The molecule has 1 fully saturated rings. The van der Waals surface area contributed by atoms with Crippen LogP contribution in [-0.4, -0.2) is 58.2 Å². The Kier molecular flexibility index (Phi) is 4.39. The first-order valence-electron chi connectivity index (χ1n) is 6.03. The summed E-state index contributed by atoms with van der Waals surface area (Å²) in [7, 11) is 1.39. The third-order valence-electron chi connectivity index (χ3n) is 3.12. The second-order valence-electron chi connectivity index (χ2n) is 4.28. The molecule has 7 heteroatoms. The number of para-hydroxylation sites is 1. The minimum atomic E-state index is -1.03. The number of ether oxygens (including phenoxy) is 1. The van der Waals surface area contributed by atoms with Gasteiger partial charge in [-0.25, -0.2) is 4.79 Å². The Balaban J connectivity index is 2.32. The number of carbonyl (C=O) groups is 2. The molecule has 1 aromatic carbocycles.